The van der Waals surface area contributed by atoms with Crippen molar-refractivity contribution in [1.82, 2.24) is 19.8 Å². The van der Waals surface area contributed by atoms with Gasteiger partial charge in [-0.15, -0.1) is 0 Å². The lowest BCUT2D eigenvalue weighted by molar-refractivity contribution is 0.206. The molecule has 1 heterocycles. The highest BCUT2D eigenvalue weighted by molar-refractivity contribution is 7.98. The van der Waals surface area contributed by atoms with E-state index in [0.717, 1.165) is 11.6 Å². The molecule has 0 aliphatic carbocycles. The molecule has 90 valence electrons. The minimum absolute atomic E-state index is 0.0583. The van der Waals surface area contributed by atoms with Crippen LogP contribution in [0.5, 0.6) is 0 Å². The molecule has 2 amide bonds. The summed E-state index contributed by atoms with van der Waals surface area (Å²) in [5.41, 5.74) is 0. The Labute approximate surface area is 100 Å². The smallest absolute Gasteiger partial charge is 0.317 e. The van der Waals surface area contributed by atoms with Gasteiger partial charge in [-0.2, -0.15) is 11.8 Å². The lowest BCUT2D eigenvalue weighted by Gasteiger charge is -2.17. The van der Waals surface area contributed by atoms with Crippen LogP contribution in [0.3, 0.4) is 0 Å². The molecule has 0 aliphatic rings. The van der Waals surface area contributed by atoms with Gasteiger partial charge in [0.25, 0.3) is 0 Å². The molecule has 0 spiro atoms. The van der Waals surface area contributed by atoms with Crippen LogP contribution < -0.4 is 5.32 Å². The first-order valence-corrected chi connectivity index (χ1v) is 6.48. The molecule has 0 fully saturated rings. The minimum atomic E-state index is -0.0583. The first-order valence-electron chi connectivity index (χ1n) is 5.09. The highest BCUT2D eigenvalue weighted by Gasteiger charge is 2.10. The van der Waals surface area contributed by atoms with Crippen LogP contribution in [0.2, 0.25) is 0 Å². The molecule has 1 rings (SSSR count). The fourth-order valence-corrected chi connectivity index (χ4v) is 1.53. The average Bonchev–Trinajstić information content (AvgIpc) is 2.64. The summed E-state index contributed by atoms with van der Waals surface area (Å²) in [6, 6.07) is -0.0583. The molecule has 0 saturated carbocycles. The molecule has 5 nitrogen and oxygen atoms in total. The van der Waals surface area contributed by atoms with Crippen LogP contribution >= 0.6 is 11.8 Å². The Morgan fingerprint density at radius 3 is 3.00 bits per heavy atom. The number of amides is 2. The monoisotopic (exact) mass is 242 g/mol. The molecule has 0 aliphatic heterocycles. The lowest BCUT2D eigenvalue weighted by atomic mass is 10.5. The number of hydrogen-bond donors (Lipinski definition) is 1. The van der Waals surface area contributed by atoms with Gasteiger partial charge in [0.15, 0.2) is 0 Å². The number of carbonyl (C=O) groups is 1. The number of nitrogens with one attached hydrogen (secondary N) is 1. The van der Waals surface area contributed by atoms with E-state index in [9.17, 15) is 4.79 Å². The van der Waals surface area contributed by atoms with E-state index in [-0.39, 0.29) is 6.03 Å². The van der Waals surface area contributed by atoms with Gasteiger partial charge in [0.1, 0.15) is 5.82 Å². The van der Waals surface area contributed by atoms with E-state index < -0.39 is 0 Å². The summed E-state index contributed by atoms with van der Waals surface area (Å²) in [4.78, 5) is 17.4. The fraction of sp³-hybridized carbons (Fsp3) is 0.600. The zero-order chi connectivity index (χ0) is 12.0. The van der Waals surface area contributed by atoms with Gasteiger partial charge < -0.3 is 14.8 Å². The SMILES string of the molecule is CSCCNC(=O)N(C)Cc1nccn1C. The number of urea groups is 1. The third-order valence-corrected chi connectivity index (χ3v) is 2.84. The molecular formula is C10H18N4OS. The molecule has 6 heteroatoms. The summed E-state index contributed by atoms with van der Waals surface area (Å²) in [5.74, 6) is 1.81. The van der Waals surface area contributed by atoms with Gasteiger partial charge in [-0.05, 0) is 6.26 Å². The summed E-state index contributed by atoms with van der Waals surface area (Å²) >= 11 is 1.71. The zero-order valence-electron chi connectivity index (χ0n) is 9.93. The Hall–Kier alpha value is -1.17. The molecule has 1 N–H and O–H groups in total. The maximum atomic E-state index is 11.6. The van der Waals surface area contributed by atoms with Gasteiger partial charge in [-0.25, -0.2) is 9.78 Å². The number of aryl methyl sites for hydroxylation is 1. The normalized spacial score (nSPS) is 10.2. The minimum Gasteiger partial charge on any atom is -0.337 e. The van der Waals surface area contributed by atoms with E-state index in [0.29, 0.717) is 13.1 Å². The van der Waals surface area contributed by atoms with E-state index in [1.807, 2.05) is 24.1 Å². The van der Waals surface area contributed by atoms with Crippen molar-refractivity contribution in [3.8, 4) is 0 Å². The van der Waals surface area contributed by atoms with E-state index in [1.54, 1.807) is 29.9 Å². The van der Waals surface area contributed by atoms with Crippen molar-refractivity contribution in [2.24, 2.45) is 7.05 Å². The molecule has 0 bridgehead atoms. The van der Waals surface area contributed by atoms with Crippen LogP contribution in [-0.4, -0.2) is 46.1 Å². The van der Waals surface area contributed by atoms with Crippen LogP contribution in [0.15, 0.2) is 12.4 Å². The third kappa shape index (κ3) is 3.77. The number of hydrogen-bond acceptors (Lipinski definition) is 3. The topological polar surface area (TPSA) is 50.2 Å². The zero-order valence-corrected chi connectivity index (χ0v) is 10.8. The van der Waals surface area contributed by atoms with Crippen molar-refractivity contribution in [2.75, 3.05) is 25.6 Å². The standard InChI is InChI=1S/C10H18N4OS/c1-13-6-4-11-9(13)8-14(2)10(15)12-5-7-16-3/h4,6H,5,7-8H2,1-3H3,(H,12,15). The molecule has 1 aromatic rings. The number of thioether (sulfide) groups is 1. The average molecular weight is 242 g/mol. The Morgan fingerprint density at radius 1 is 1.69 bits per heavy atom. The van der Waals surface area contributed by atoms with Gasteiger partial charge >= 0.3 is 6.03 Å². The highest BCUT2D eigenvalue weighted by Crippen LogP contribution is 1.99. The van der Waals surface area contributed by atoms with Crippen molar-refractivity contribution in [2.45, 2.75) is 6.54 Å². The van der Waals surface area contributed by atoms with Crippen molar-refractivity contribution >= 4 is 17.8 Å². The number of rotatable bonds is 5. The largest absolute Gasteiger partial charge is 0.337 e. The number of nitrogens with zero attached hydrogens (tertiary/aromatic N) is 3. The number of imidazole rings is 1. The van der Waals surface area contributed by atoms with Crippen LogP contribution in [0.4, 0.5) is 4.79 Å². The quantitative estimate of drug-likeness (QED) is 0.781. The summed E-state index contributed by atoms with van der Waals surface area (Å²) in [5, 5.41) is 2.84. The predicted molar refractivity (Wildman–Crippen MR) is 66.5 cm³/mol. The van der Waals surface area contributed by atoms with E-state index in [4.69, 9.17) is 0 Å². The molecule has 16 heavy (non-hydrogen) atoms. The Bertz CT molecular complexity index is 339. The fourth-order valence-electron chi connectivity index (χ4n) is 1.23. The van der Waals surface area contributed by atoms with Crippen molar-refractivity contribution in [1.29, 1.82) is 0 Å². The van der Waals surface area contributed by atoms with E-state index >= 15 is 0 Å². The third-order valence-electron chi connectivity index (χ3n) is 2.23. The summed E-state index contributed by atoms with van der Waals surface area (Å²) in [6.45, 7) is 1.22. The Kier molecular flexibility index (Phi) is 5.18. The van der Waals surface area contributed by atoms with Crippen molar-refractivity contribution in [3.05, 3.63) is 18.2 Å². The Balaban J connectivity index is 2.37. The molecule has 0 atom stereocenters. The molecule has 0 saturated heterocycles. The summed E-state index contributed by atoms with van der Waals surface area (Å²) in [7, 11) is 3.69. The van der Waals surface area contributed by atoms with Crippen molar-refractivity contribution < 1.29 is 4.79 Å². The number of carbonyl (C=O) groups excluding carboxylic acids is 1. The number of aromatic nitrogens is 2. The van der Waals surface area contributed by atoms with Gasteiger partial charge in [0.2, 0.25) is 0 Å². The van der Waals surface area contributed by atoms with E-state index in [1.165, 1.54) is 0 Å². The predicted octanol–water partition coefficient (Wildman–Crippen LogP) is 0.924. The molecule has 1 aromatic heterocycles. The second-order valence-corrected chi connectivity index (χ2v) is 4.52. The molecular weight excluding hydrogens is 224 g/mol. The molecule has 0 aromatic carbocycles. The Morgan fingerprint density at radius 2 is 2.44 bits per heavy atom. The second-order valence-electron chi connectivity index (χ2n) is 3.54. The van der Waals surface area contributed by atoms with E-state index in [2.05, 4.69) is 10.3 Å². The molecule has 0 unspecified atom stereocenters. The maximum absolute atomic E-state index is 11.6. The molecule has 0 radical (unpaired) electrons. The van der Waals surface area contributed by atoms with Gasteiger partial charge in [0, 0.05) is 38.8 Å². The van der Waals surface area contributed by atoms with Crippen LogP contribution in [0.1, 0.15) is 5.82 Å². The second kappa shape index (κ2) is 6.42. The van der Waals surface area contributed by atoms with Crippen LogP contribution in [-0.2, 0) is 13.6 Å². The van der Waals surface area contributed by atoms with Crippen LogP contribution in [0, 0.1) is 0 Å². The van der Waals surface area contributed by atoms with Crippen LogP contribution in [0.25, 0.3) is 0 Å². The van der Waals surface area contributed by atoms with Gasteiger partial charge in [-0.3, -0.25) is 0 Å². The first-order chi connectivity index (χ1) is 7.65. The summed E-state index contributed by atoms with van der Waals surface area (Å²) < 4.78 is 1.91. The maximum Gasteiger partial charge on any atom is 0.317 e. The lowest BCUT2D eigenvalue weighted by Crippen LogP contribution is -2.38. The van der Waals surface area contributed by atoms with Gasteiger partial charge in [0.05, 0.1) is 6.54 Å². The van der Waals surface area contributed by atoms with Crippen molar-refractivity contribution in [3.63, 3.8) is 0 Å². The highest BCUT2D eigenvalue weighted by atomic mass is 32.2. The summed E-state index contributed by atoms with van der Waals surface area (Å²) in [6.07, 6.45) is 5.62. The van der Waals surface area contributed by atoms with Gasteiger partial charge in [-0.1, -0.05) is 0 Å². The first kappa shape index (κ1) is 12.9.